The molecule has 0 unspecified atom stereocenters. The fraction of sp³-hybridized carbons (Fsp3) is 0.158. The molecule has 0 aliphatic carbocycles. The van der Waals surface area contributed by atoms with Gasteiger partial charge in [0, 0.05) is 0 Å². The van der Waals surface area contributed by atoms with Crippen molar-refractivity contribution in [1.82, 2.24) is 0 Å². The van der Waals surface area contributed by atoms with Crippen molar-refractivity contribution < 1.29 is 36.2 Å². The van der Waals surface area contributed by atoms with Crippen molar-refractivity contribution in [3.05, 3.63) is 71.3 Å². The zero-order valence-electron chi connectivity index (χ0n) is 13.5. The molecule has 0 aliphatic rings. The summed E-state index contributed by atoms with van der Waals surface area (Å²) in [6, 6.07) is 11.1. The third-order valence-corrected chi connectivity index (χ3v) is 3.87. The number of hydrogen-bond donors (Lipinski definition) is 1. The van der Waals surface area contributed by atoms with Gasteiger partial charge < -0.3 is 9.84 Å². The number of aromatic hydroxyl groups is 1. The van der Waals surface area contributed by atoms with Crippen LogP contribution in [0.3, 0.4) is 0 Å². The smallest absolute Gasteiger partial charge is 0.416 e. The van der Waals surface area contributed by atoms with Crippen molar-refractivity contribution in [2.24, 2.45) is 0 Å². The van der Waals surface area contributed by atoms with E-state index < -0.39 is 30.1 Å². The van der Waals surface area contributed by atoms with Crippen molar-refractivity contribution in [1.29, 1.82) is 0 Å². The molecule has 0 fully saturated rings. The lowest BCUT2D eigenvalue weighted by Gasteiger charge is -2.15. The number of benzene rings is 3. The first-order valence-electron chi connectivity index (χ1n) is 7.67. The van der Waals surface area contributed by atoms with Crippen LogP contribution in [0, 0.1) is 0 Å². The van der Waals surface area contributed by atoms with E-state index >= 15 is 0 Å². The molecular weight excluding hydrogens is 374 g/mol. The third-order valence-electron chi connectivity index (χ3n) is 3.87. The van der Waals surface area contributed by atoms with E-state index in [1.807, 2.05) is 0 Å². The molecule has 1 N–H and O–H groups in total. The Kier molecular flexibility index (Phi) is 4.67. The van der Waals surface area contributed by atoms with Gasteiger partial charge in [-0.15, -0.1) is 0 Å². The zero-order valence-corrected chi connectivity index (χ0v) is 13.5. The fourth-order valence-corrected chi connectivity index (χ4v) is 2.59. The highest BCUT2D eigenvalue weighted by Gasteiger charge is 2.36. The van der Waals surface area contributed by atoms with Gasteiger partial charge in [0.2, 0.25) is 0 Å². The summed E-state index contributed by atoms with van der Waals surface area (Å²) in [6.07, 6.45) is -9.86. The first-order valence-corrected chi connectivity index (χ1v) is 7.67. The van der Waals surface area contributed by atoms with Gasteiger partial charge in [0.1, 0.15) is 6.61 Å². The number of alkyl halides is 6. The van der Waals surface area contributed by atoms with Crippen LogP contribution in [0.15, 0.2) is 54.6 Å². The van der Waals surface area contributed by atoms with Crippen LogP contribution in [0.25, 0.3) is 10.8 Å². The van der Waals surface area contributed by atoms with Crippen LogP contribution in [0.4, 0.5) is 26.3 Å². The fourth-order valence-electron chi connectivity index (χ4n) is 2.59. The molecule has 3 aromatic carbocycles. The first kappa shape index (κ1) is 18.9. The Bertz CT molecular complexity index is 944. The van der Waals surface area contributed by atoms with E-state index in [1.165, 1.54) is 12.1 Å². The van der Waals surface area contributed by atoms with Crippen LogP contribution < -0.4 is 4.74 Å². The van der Waals surface area contributed by atoms with E-state index in [0.29, 0.717) is 22.9 Å². The maximum absolute atomic E-state index is 12.9. The molecule has 27 heavy (non-hydrogen) atoms. The topological polar surface area (TPSA) is 29.5 Å². The van der Waals surface area contributed by atoms with E-state index in [0.717, 1.165) is 0 Å². The van der Waals surface area contributed by atoms with Gasteiger partial charge >= 0.3 is 12.4 Å². The van der Waals surface area contributed by atoms with Crippen LogP contribution in [0.1, 0.15) is 16.7 Å². The number of hydrogen-bond acceptors (Lipinski definition) is 2. The molecule has 0 heterocycles. The van der Waals surface area contributed by atoms with Gasteiger partial charge in [-0.1, -0.05) is 24.3 Å². The lowest BCUT2D eigenvalue weighted by atomic mass is 10.1. The average Bonchev–Trinajstić information content (AvgIpc) is 2.58. The second kappa shape index (κ2) is 6.68. The molecule has 2 nitrogen and oxygen atoms in total. The second-order valence-electron chi connectivity index (χ2n) is 5.87. The minimum absolute atomic E-state index is 0.0420. The maximum Gasteiger partial charge on any atom is 0.416 e. The highest BCUT2D eigenvalue weighted by molar-refractivity contribution is 5.85. The van der Waals surface area contributed by atoms with E-state index in [4.69, 9.17) is 4.74 Å². The number of phenols is 1. The summed E-state index contributed by atoms with van der Waals surface area (Å²) in [5.41, 5.74) is -3.15. The molecule has 3 rings (SSSR count). The second-order valence-corrected chi connectivity index (χ2v) is 5.87. The standard InChI is InChI=1S/C19H12F6O2/c20-18(21,22)14-5-11(6-15(9-14)19(23,24)25)10-27-17-8-13-4-2-1-3-12(13)7-16(17)26/h1-9,26H,10H2. The normalized spacial score (nSPS) is 12.4. The van der Waals surface area contributed by atoms with Crippen molar-refractivity contribution in [2.75, 3.05) is 0 Å². The van der Waals surface area contributed by atoms with Gasteiger partial charge in [-0.2, -0.15) is 26.3 Å². The van der Waals surface area contributed by atoms with Gasteiger partial charge in [0.05, 0.1) is 11.1 Å². The summed E-state index contributed by atoms with van der Waals surface area (Å²) in [7, 11) is 0. The summed E-state index contributed by atoms with van der Waals surface area (Å²) in [6.45, 7) is -0.571. The first-order chi connectivity index (χ1) is 12.5. The molecule has 0 aromatic heterocycles. The minimum atomic E-state index is -4.93. The average molecular weight is 386 g/mol. The summed E-state index contributed by atoms with van der Waals surface area (Å²) < 4.78 is 82.6. The quantitative estimate of drug-likeness (QED) is 0.546. The zero-order chi connectivity index (χ0) is 19.8. The highest BCUT2D eigenvalue weighted by atomic mass is 19.4. The summed E-state index contributed by atoms with van der Waals surface area (Å²) in [4.78, 5) is 0. The predicted molar refractivity (Wildman–Crippen MR) is 86.4 cm³/mol. The number of phenolic OH excluding ortho intramolecular Hbond substituents is 1. The maximum atomic E-state index is 12.9. The monoisotopic (exact) mass is 386 g/mol. The summed E-state index contributed by atoms with van der Waals surface area (Å²) >= 11 is 0. The van der Waals surface area contributed by atoms with Crippen LogP contribution in [-0.4, -0.2) is 5.11 Å². The van der Waals surface area contributed by atoms with Crippen LogP contribution in [-0.2, 0) is 19.0 Å². The molecular formula is C19H12F6O2. The molecule has 0 atom stereocenters. The summed E-state index contributed by atoms with van der Waals surface area (Å²) in [5, 5.41) is 11.4. The lowest BCUT2D eigenvalue weighted by molar-refractivity contribution is -0.143. The Labute approximate surface area is 149 Å². The molecule has 8 heteroatoms. The van der Waals surface area contributed by atoms with E-state index in [-0.39, 0.29) is 23.1 Å². The lowest BCUT2D eigenvalue weighted by Crippen LogP contribution is -2.12. The number of rotatable bonds is 3. The number of ether oxygens (including phenoxy) is 1. The van der Waals surface area contributed by atoms with E-state index in [2.05, 4.69) is 0 Å². The molecule has 0 spiro atoms. The number of halogens is 6. The predicted octanol–water partition coefficient (Wildman–Crippen LogP) is 6.16. The van der Waals surface area contributed by atoms with Gasteiger partial charge in [0.25, 0.3) is 0 Å². The molecule has 3 aromatic rings. The van der Waals surface area contributed by atoms with E-state index in [1.54, 1.807) is 24.3 Å². The Hall–Kier alpha value is -2.90. The van der Waals surface area contributed by atoms with Gasteiger partial charge in [-0.25, -0.2) is 0 Å². The van der Waals surface area contributed by atoms with Crippen LogP contribution >= 0.6 is 0 Å². The summed E-state index contributed by atoms with van der Waals surface area (Å²) in [5.74, 6) is -0.309. The van der Waals surface area contributed by atoms with Gasteiger partial charge in [-0.05, 0) is 46.7 Å². The third kappa shape index (κ3) is 4.27. The van der Waals surface area contributed by atoms with Crippen molar-refractivity contribution in [3.63, 3.8) is 0 Å². The minimum Gasteiger partial charge on any atom is -0.504 e. The molecule has 0 saturated heterocycles. The molecule has 0 saturated carbocycles. The van der Waals surface area contributed by atoms with Crippen molar-refractivity contribution in [3.8, 4) is 11.5 Å². The Morgan fingerprint density at radius 1 is 0.741 bits per heavy atom. The van der Waals surface area contributed by atoms with Crippen molar-refractivity contribution >= 4 is 10.8 Å². The Morgan fingerprint density at radius 2 is 1.26 bits per heavy atom. The van der Waals surface area contributed by atoms with Crippen LogP contribution in [0.2, 0.25) is 0 Å². The van der Waals surface area contributed by atoms with Gasteiger partial charge in [-0.3, -0.25) is 0 Å². The Balaban J connectivity index is 1.92. The Morgan fingerprint density at radius 3 is 1.78 bits per heavy atom. The number of fused-ring (bicyclic) bond motifs is 1. The van der Waals surface area contributed by atoms with Crippen LogP contribution in [0.5, 0.6) is 11.5 Å². The molecule has 0 radical (unpaired) electrons. The molecule has 0 aliphatic heterocycles. The van der Waals surface area contributed by atoms with Crippen molar-refractivity contribution in [2.45, 2.75) is 19.0 Å². The van der Waals surface area contributed by atoms with Gasteiger partial charge in [0.15, 0.2) is 11.5 Å². The SMILES string of the molecule is Oc1cc2ccccc2cc1OCc1cc(C(F)(F)F)cc(C(F)(F)F)c1. The highest BCUT2D eigenvalue weighted by Crippen LogP contribution is 2.37. The largest absolute Gasteiger partial charge is 0.504 e. The molecule has 142 valence electrons. The molecule has 0 amide bonds. The molecule has 0 bridgehead atoms. The van der Waals surface area contributed by atoms with E-state index in [9.17, 15) is 31.4 Å².